The van der Waals surface area contributed by atoms with Crippen molar-refractivity contribution < 1.29 is 9.90 Å². The summed E-state index contributed by atoms with van der Waals surface area (Å²) in [5.74, 6) is 0.209. The SMILES string of the molecule is O=C1/C(=C/c2ccccc2)CN2C[C@@]13[C@@H](c1ccccc1)[C@@H]1CCCN1[C@@]31c3cccc4cccc(c34)[C@@]21O. The summed E-state index contributed by atoms with van der Waals surface area (Å²) in [5.41, 5.74) is 2.22. The Kier molecular flexibility index (Phi) is 4.19. The van der Waals surface area contributed by atoms with Crippen molar-refractivity contribution in [3.63, 3.8) is 0 Å². The molecule has 6 atom stereocenters. The zero-order chi connectivity index (χ0) is 26.0. The lowest BCUT2D eigenvalue weighted by Crippen LogP contribution is -2.61. The molecule has 1 N–H and O–H groups in total. The van der Waals surface area contributed by atoms with Crippen LogP contribution in [0.25, 0.3) is 16.8 Å². The highest BCUT2D eigenvalue weighted by Crippen LogP contribution is 2.78. The van der Waals surface area contributed by atoms with Gasteiger partial charge in [0.2, 0.25) is 0 Å². The zero-order valence-electron chi connectivity index (χ0n) is 21.8. The van der Waals surface area contributed by atoms with E-state index >= 15 is 4.79 Å². The molecule has 4 fully saturated rings. The van der Waals surface area contributed by atoms with Crippen LogP contribution < -0.4 is 0 Å². The molecule has 4 heteroatoms. The largest absolute Gasteiger partial charge is 0.369 e. The average Bonchev–Trinajstić information content (AvgIpc) is 3.64. The molecule has 2 spiro atoms. The molecule has 1 unspecified atom stereocenters. The number of Topliss-reactive ketones (excluding diaryl/α,β-unsaturated/α-hetero) is 1. The summed E-state index contributed by atoms with van der Waals surface area (Å²) in [6, 6.07) is 33.9. The molecule has 192 valence electrons. The highest BCUT2D eigenvalue weighted by Gasteiger charge is 2.87. The van der Waals surface area contributed by atoms with Gasteiger partial charge in [0.15, 0.2) is 11.5 Å². The number of hydrogen-bond acceptors (Lipinski definition) is 4. The maximum Gasteiger partial charge on any atom is 0.170 e. The number of hydrogen-bond donors (Lipinski definition) is 1. The van der Waals surface area contributed by atoms with Gasteiger partial charge in [0.25, 0.3) is 0 Å². The Hall–Kier alpha value is -3.57. The molecule has 4 aromatic carbocycles. The average molecular weight is 511 g/mol. The summed E-state index contributed by atoms with van der Waals surface area (Å²) in [4.78, 5) is 20.2. The van der Waals surface area contributed by atoms with Gasteiger partial charge in [-0.05, 0) is 52.9 Å². The normalized spacial score (nSPS) is 36.9. The van der Waals surface area contributed by atoms with Gasteiger partial charge >= 0.3 is 0 Å². The minimum atomic E-state index is -1.29. The molecule has 39 heavy (non-hydrogen) atoms. The Labute approximate surface area is 228 Å². The van der Waals surface area contributed by atoms with Crippen molar-refractivity contribution in [2.45, 2.75) is 36.1 Å². The number of benzene rings is 4. The molecule has 2 bridgehead atoms. The van der Waals surface area contributed by atoms with Gasteiger partial charge in [-0.1, -0.05) is 97.1 Å². The maximum absolute atomic E-state index is 15.3. The Bertz CT molecular complexity index is 1710. The second kappa shape index (κ2) is 7.33. The Balaban J connectivity index is 1.41. The molecule has 4 aliphatic heterocycles. The minimum absolute atomic E-state index is 0.00531. The number of piperidine rings is 1. The van der Waals surface area contributed by atoms with Gasteiger partial charge in [0.05, 0.1) is 5.41 Å². The summed E-state index contributed by atoms with van der Waals surface area (Å²) >= 11 is 0. The van der Waals surface area contributed by atoms with E-state index in [1.165, 1.54) is 5.56 Å². The lowest BCUT2D eigenvalue weighted by Gasteiger charge is -2.48. The van der Waals surface area contributed by atoms with Crippen LogP contribution >= 0.6 is 0 Å². The third-order valence-corrected chi connectivity index (χ3v) is 10.7. The van der Waals surface area contributed by atoms with E-state index < -0.39 is 16.7 Å². The van der Waals surface area contributed by atoms with Crippen LogP contribution in [0, 0.1) is 5.41 Å². The topological polar surface area (TPSA) is 43.8 Å². The summed E-state index contributed by atoms with van der Waals surface area (Å²) in [5, 5.41) is 15.7. The summed E-state index contributed by atoms with van der Waals surface area (Å²) in [6.45, 7) is 1.89. The van der Waals surface area contributed by atoms with Crippen LogP contribution in [-0.2, 0) is 16.1 Å². The second-order valence-corrected chi connectivity index (χ2v) is 12.1. The van der Waals surface area contributed by atoms with Gasteiger partial charge < -0.3 is 5.11 Å². The van der Waals surface area contributed by atoms with Crippen LogP contribution in [-0.4, -0.2) is 46.4 Å². The standard InChI is InChI=1S/C35H30N2O2/c38-32-26(20-23-10-3-1-4-11-23)21-36-22-33(32)31(25-12-5-2-6-13-25)29-18-9-19-37(29)34(33)27-16-7-14-24-15-8-17-28(30(24)27)35(34,36)39/h1-8,10-17,20,29,31,39H,9,18-19,21-22H2/b26-20+/t29-,31-,33+,34-,35-/m0/s1. The van der Waals surface area contributed by atoms with Crippen LogP contribution in [0.3, 0.4) is 0 Å². The van der Waals surface area contributed by atoms with Gasteiger partial charge in [-0.3, -0.25) is 14.6 Å². The summed E-state index contributed by atoms with van der Waals surface area (Å²) < 4.78 is 0. The minimum Gasteiger partial charge on any atom is -0.369 e. The van der Waals surface area contributed by atoms with Crippen LogP contribution in [0.15, 0.2) is 103 Å². The number of carbonyl (C=O) groups is 1. The Morgan fingerprint density at radius 3 is 2.33 bits per heavy atom. The molecule has 4 aromatic rings. The van der Waals surface area contributed by atoms with Crippen molar-refractivity contribution in [1.29, 1.82) is 0 Å². The lowest BCUT2D eigenvalue weighted by atomic mass is 9.56. The van der Waals surface area contributed by atoms with E-state index in [9.17, 15) is 5.11 Å². The summed E-state index contributed by atoms with van der Waals surface area (Å²) in [7, 11) is 0. The Morgan fingerprint density at radius 2 is 1.56 bits per heavy atom. The maximum atomic E-state index is 15.3. The molecule has 0 radical (unpaired) electrons. The van der Waals surface area contributed by atoms with Crippen molar-refractivity contribution in [3.8, 4) is 0 Å². The smallest absolute Gasteiger partial charge is 0.170 e. The zero-order valence-corrected chi connectivity index (χ0v) is 21.8. The van der Waals surface area contributed by atoms with E-state index in [1.807, 2.05) is 18.2 Å². The fourth-order valence-electron chi connectivity index (χ4n) is 9.75. The molecule has 4 saturated heterocycles. The van der Waals surface area contributed by atoms with E-state index in [1.54, 1.807) is 0 Å². The first-order valence-corrected chi connectivity index (χ1v) is 14.2. The number of aliphatic hydroxyl groups is 1. The first kappa shape index (κ1) is 22.3. The predicted molar refractivity (Wildman–Crippen MR) is 152 cm³/mol. The van der Waals surface area contributed by atoms with E-state index in [4.69, 9.17) is 0 Å². The second-order valence-electron chi connectivity index (χ2n) is 12.1. The van der Waals surface area contributed by atoms with E-state index in [2.05, 4.69) is 94.7 Å². The highest BCUT2D eigenvalue weighted by atomic mass is 16.3. The fraction of sp³-hybridized carbons (Fsp3) is 0.286. The summed E-state index contributed by atoms with van der Waals surface area (Å²) in [6.07, 6.45) is 4.19. The fourth-order valence-corrected chi connectivity index (χ4v) is 9.75. The number of ketones is 1. The first-order valence-electron chi connectivity index (χ1n) is 14.2. The third kappa shape index (κ3) is 2.30. The molecule has 4 nitrogen and oxygen atoms in total. The van der Waals surface area contributed by atoms with Crippen LogP contribution in [0.1, 0.15) is 41.0 Å². The monoisotopic (exact) mass is 510 g/mol. The molecule has 1 aliphatic carbocycles. The van der Waals surface area contributed by atoms with E-state index in [0.29, 0.717) is 13.1 Å². The molecule has 4 heterocycles. The van der Waals surface area contributed by atoms with Crippen LogP contribution in [0.5, 0.6) is 0 Å². The van der Waals surface area contributed by atoms with Crippen molar-refractivity contribution in [3.05, 3.63) is 125 Å². The number of nitrogens with zero attached hydrogens (tertiary/aromatic N) is 2. The van der Waals surface area contributed by atoms with Crippen molar-refractivity contribution in [2.75, 3.05) is 19.6 Å². The van der Waals surface area contributed by atoms with Crippen molar-refractivity contribution in [2.24, 2.45) is 5.41 Å². The van der Waals surface area contributed by atoms with Gasteiger partial charge in [-0.15, -0.1) is 0 Å². The van der Waals surface area contributed by atoms with E-state index in [0.717, 1.165) is 52.4 Å². The molecular formula is C35H30N2O2. The van der Waals surface area contributed by atoms with E-state index in [-0.39, 0.29) is 17.7 Å². The van der Waals surface area contributed by atoms with Gasteiger partial charge in [-0.2, -0.15) is 0 Å². The van der Waals surface area contributed by atoms with Gasteiger partial charge in [-0.25, -0.2) is 0 Å². The molecule has 0 saturated carbocycles. The number of rotatable bonds is 2. The molecule has 9 rings (SSSR count). The number of fused-ring (bicyclic) bond motifs is 4. The molecule has 0 amide bonds. The van der Waals surface area contributed by atoms with Gasteiger partial charge in [0, 0.05) is 36.2 Å². The number of carbonyl (C=O) groups excluding carboxylic acids is 1. The lowest BCUT2D eigenvalue weighted by molar-refractivity contribution is -0.173. The molecular weight excluding hydrogens is 480 g/mol. The van der Waals surface area contributed by atoms with Crippen molar-refractivity contribution in [1.82, 2.24) is 9.80 Å². The quantitative estimate of drug-likeness (QED) is 0.366. The first-order chi connectivity index (χ1) is 19.1. The Morgan fingerprint density at radius 1 is 0.846 bits per heavy atom. The van der Waals surface area contributed by atoms with Crippen molar-refractivity contribution >= 4 is 22.6 Å². The third-order valence-electron chi connectivity index (χ3n) is 10.7. The highest BCUT2D eigenvalue weighted by molar-refractivity contribution is 6.09. The predicted octanol–water partition coefficient (Wildman–Crippen LogP) is 5.42. The van der Waals surface area contributed by atoms with Crippen LogP contribution in [0.4, 0.5) is 0 Å². The van der Waals surface area contributed by atoms with Gasteiger partial charge in [0.1, 0.15) is 5.54 Å². The van der Waals surface area contributed by atoms with Crippen LogP contribution in [0.2, 0.25) is 0 Å². The molecule has 0 aromatic heterocycles. The molecule has 5 aliphatic rings.